The molecule has 0 saturated heterocycles. The third-order valence-electron chi connectivity index (χ3n) is 3.50. The van der Waals surface area contributed by atoms with Crippen molar-refractivity contribution < 1.29 is 9.13 Å². The van der Waals surface area contributed by atoms with Crippen molar-refractivity contribution in [1.82, 2.24) is 10.3 Å². The smallest absolute Gasteiger partial charge is 0.126 e. The molecule has 1 aromatic carbocycles. The van der Waals surface area contributed by atoms with Crippen LogP contribution in [-0.4, -0.2) is 12.1 Å². The molecule has 4 heteroatoms. The van der Waals surface area contributed by atoms with Crippen molar-refractivity contribution in [3.05, 3.63) is 58.7 Å². The minimum absolute atomic E-state index is 0.0495. The SMILES string of the molecule is COc1cc(C)nc(CNC(C)c2ccc(C)c(F)c2)c1. The molecular weight excluding hydrogens is 267 g/mol. The Morgan fingerprint density at radius 3 is 2.67 bits per heavy atom. The lowest BCUT2D eigenvalue weighted by Gasteiger charge is -2.15. The van der Waals surface area contributed by atoms with Crippen LogP contribution in [0.3, 0.4) is 0 Å². The number of ether oxygens (including phenoxy) is 1. The largest absolute Gasteiger partial charge is 0.497 e. The van der Waals surface area contributed by atoms with Gasteiger partial charge in [0.05, 0.1) is 12.8 Å². The maximum atomic E-state index is 13.6. The summed E-state index contributed by atoms with van der Waals surface area (Å²) in [5, 5.41) is 3.36. The number of halogens is 1. The van der Waals surface area contributed by atoms with Crippen LogP contribution in [-0.2, 0) is 6.54 Å². The van der Waals surface area contributed by atoms with Gasteiger partial charge in [-0.15, -0.1) is 0 Å². The summed E-state index contributed by atoms with van der Waals surface area (Å²) < 4.78 is 18.8. The number of aryl methyl sites for hydroxylation is 2. The lowest BCUT2D eigenvalue weighted by Crippen LogP contribution is -2.19. The first-order chi connectivity index (χ1) is 9.99. The van der Waals surface area contributed by atoms with E-state index in [4.69, 9.17) is 4.74 Å². The Morgan fingerprint density at radius 1 is 1.24 bits per heavy atom. The summed E-state index contributed by atoms with van der Waals surface area (Å²) in [6, 6.07) is 9.17. The zero-order valence-electron chi connectivity index (χ0n) is 12.9. The van der Waals surface area contributed by atoms with Crippen LogP contribution in [0.1, 0.15) is 35.5 Å². The van der Waals surface area contributed by atoms with Crippen molar-refractivity contribution in [2.75, 3.05) is 7.11 Å². The maximum absolute atomic E-state index is 13.6. The van der Waals surface area contributed by atoms with Gasteiger partial charge in [0.15, 0.2) is 0 Å². The Bertz CT molecular complexity index is 628. The van der Waals surface area contributed by atoms with E-state index in [2.05, 4.69) is 10.3 Å². The molecule has 0 amide bonds. The van der Waals surface area contributed by atoms with Crippen LogP contribution in [0.25, 0.3) is 0 Å². The van der Waals surface area contributed by atoms with Crippen LogP contribution < -0.4 is 10.1 Å². The van der Waals surface area contributed by atoms with Gasteiger partial charge in [-0.3, -0.25) is 4.98 Å². The fraction of sp³-hybridized carbons (Fsp3) is 0.353. The predicted molar refractivity (Wildman–Crippen MR) is 81.9 cm³/mol. The molecule has 0 saturated carbocycles. The van der Waals surface area contributed by atoms with E-state index in [1.165, 1.54) is 0 Å². The number of benzene rings is 1. The molecule has 1 heterocycles. The number of methoxy groups -OCH3 is 1. The molecule has 0 bridgehead atoms. The fourth-order valence-electron chi connectivity index (χ4n) is 2.17. The van der Waals surface area contributed by atoms with Crippen molar-refractivity contribution in [1.29, 1.82) is 0 Å². The normalized spacial score (nSPS) is 12.2. The monoisotopic (exact) mass is 288 g/mol. The third kappa shape index (κ3) is 4.02. The molecule has 1 aromatic heterocycles. The zero-order chi connectivity index (χ0) is 15.4. The average molecular weight is 288 g/mol. The zero-order valence-corrected chi connectivity index (χ0v) is 12.9. The van der Waals surface area contributed by atoms with Gasteiger partial charge < -0.3 is 10.1 Å². The maximum Gasteiger partial charge on any atom is 0.126 e. The molecule has 2 rings (SSSR count). The number of nitrogens with zero attached hydrogens (tertiary/aromatic N) is 1. The molecule has 1 unspecified atom stereocenters. The summed E-state index contributed by atoms with van der Waals surface area (Å²) >= 11 is 0. The molecule has 21 heavy (non-hydrogen) atoms. The summed E-state index contributed by atoms with van der Waals surface area (Å²) in [6.07, 6.45) is 0. The van der Waals surface area contributed by atoms with E-state index in [1.807, 2.05) is 32.0 Å². The molecule has 0 spiro atoms. The van der Waals surface area contributed by atoms with Crippen LogP contribution in [0.15, 0.2) is 30.3 Å². The first-order valence-electron chi connectivity index (χ1n) is 7.00. The minimum atomic E-state index is -0.170. The number of pyridine rings is 1. The topological polar surface area (TPSA) is 34.1 Å². The third-order valence-corrected chi connectivity index (χ3v) is 3.50. The van der Waals surface area contributed by atoms with Crippen molar-refractivity contribution in [2.45, 2.75) is 33.4 Å². The molecule has 112 valence electrons. The number of hydrogen-bond donors (Lipinski definition) is 1. The molecule has 0 radical (unpaired) electrons. The molecule has 0 aliphatic rings. The highest BCUT2D eigenvalue weighted by molar-refractivity contribution is 5.28. The summed E-state index contributed by atoms with van der Waals surface area (Å²) in [4.78, 5) is 4.46. The van der Waals surface area contributed by atoms with Gasteiger partial charge in [0.25, 0.3) is 0 Å². The summed E-state index contributed by atoms with van der Waals surface area (Å²) in [6.45, 7) is 6.32. The van der Waals surface area contributed by atoms with Crippen molar-refractivity contribution in [3.63, 3.8) is 0 Å². The molecule has 0 aliphatic carbocycles. The Hall–Kier alpha value is -1.94. The Morgan fingerprint density at radius 2 is 2.00 bits per heavy atom. The van der Waals surface area contributed by atoms with E-state index >= 15 is 0 Å². The number of rotatable bonds is 5. The molecule has 0 aliphatic heterocycles. The van der Waals surface area contributed by atoms with Gasteiger partial charge in [-0.25, -0.2) is 4.39 Å². The quantitative estimate of drug-likeness (QED) is 0.911. The van der Waals surface area contributed by atoms with Crippen molar-refractivity contribution in [2.24, 2.45) is 0 Å². The van der Waals surface area contributed by atoms with Gasteiger partial charge in [0, 0.05) is 30.4 Å². The molecule has 0 fully saturated rings. The Balaban J connectivity index is 2.05. The number of hydrogen-bond acceptors (Lipinski definition) is 3. The minimum Gasteiger partial charge on any atom is -0.497 e. The highest BCUT2D eigenvalue weighted by Crippen LogP contribution is 2.18. The van der Waals surface area contributed by atoms with Gasteiger partial charge in [-0.2, -0.15) is 0 Å². The number of nitrogens with one attached hydrogen (secondary N) is 1. The lowest BCUT2D eigenvalue weighted by atomic mass is 10.1. The second-order valence-corrected chi connectivity index (χ2v) is 5.25. The van der Waals surface area contributed by atoms with Crippen LogP contribution in [0, 0.1) is 19.7 Å². The van der Waals surface area contributed by atoms with Gasteiger partial charge in [-0.05, 0) is 38.0 Å². The number of aromatic nitrogens is 1. The fourth-order valence-corrected chi connectivity index (χ4v) is 2.17. The van der Waals surface area contributed by atoms with Gasteiger partial charge in [-0.1, -0.05) is 12.1 Å². The van der Waals surface area contributed by atoms with E-state index in [0.29, 0.717) is 12.1 Å². The molecule has 1 N–H and O–H groups in total. The Kier molecular flexibility index (Phi) is 4.91. The standard InChI is InChI=1S/C17H21FN2O/c1-11-5-6-14(8-17(11)18)13(3)19-10-15-9-16(21-4)7-12(2)20-15/h5-9,13,19H,10H2,1-4H3. The van der Waals surface area contributed by atoms with Crippen LogP contribution in [0.4, 0.5) is 4.39 Å². The van der Waals surface area contributed by atoms with E-state index in [-0.39, 0.29) is 11.9 Å². The highest BCUT2D eigenvalue weighted by atomic mass is 19.1. The van der Waals surface area contributed by atoms with Crippen LogP contribution in [0.2, 0.25) is 0 Å². The van der Waals surface area contributed by atoms with Crippen molar-refractivity contribution >= 4 is 0 Å². The molecular formula is C17H21FN2O. The predicted octanol–water partition coefficient (Wildman–Crippen LogP) is 3.70. The van der Waals surface area contributed by atoms with E-state index in [0.717, 1.165) is 22.7 Å². The molecule has 2 aromatic rings. The summed E-state index contributed by atoms with van der Waals surface area (Å²) in [5.74, 6) is 0.629. The second-order valence-electron chi connectivity index (χ2n) is 5.25. The van der Waals surface area contributed by atoms with Gasteiger partial charge >= 0.3 is 0 Å². The summed E-state index contributed by atoms with van der Waals surface area (Å²) in [7, 11) is 1.64. The van der Waals surface area contributed by atoms with Gasteiger partial charge in [0.1, 0.15) is 11.6 Å². The van der Waals surface area contributed by atoms with Crippen molar-refractivity contribution in [3.8, 4) is 5.75 Å². The first kappa shape index (κ1) is 15.4. The van der Waals surface area contributed by atoms with E-state index < -0.39 is 0 Å². The summed E-state index contributed by atoms with van der Waals surface area (Å²) in [5.41, 5.74) is 3.42. The first-order valence-corrected chi connectivity index (χ1v) is 7.00. The molecule has 1 atom stereocenters. The second kappa shape index (κ2) is 6.68. The highest BCUT2D eigenvalue weighted by Gasteiger charge is 2.08. The Labute approximate surface area is 125 Å². The van der Waals surface area contributed by atoms with E-state index in [9.17, 15) is 4.39 Å². The van der Waals surface area contributed by atoms with Crippen LogP contribution in [0.5, 0.6) is 5.75 Å². The molecule has 3 nitrogen and oxygen atoms in total. The lowest BCUT2D eigenvalue weighted by molar-refractivity contribution is 0.412. The average Bonchev–Trinajstić information content (AvgIpc) is 2.47. The van der Waals surface area contributed by atoms with E-state index in [1.54, 1.807) is 26.2 Å². The van der Waals surface area contributed by atoms with Gasteiger partial charge in [0.2, 0.25) is 0 Å². The van der Waals surface area contributed by atoms with Crippen LogP contribution >= 0.6 is 0 Å².